The van der Waals surface area contributed by atoms with E-state index in [1.165, 1.54) is 0 Å². The van der Waals surface area contributed by atoms with E-state index in [1.807, 2.05) is 6.92 Å². The second-order valence-electron chi connectivity index (χ2n) is 4.58. The lowest BCUT2D eigenvalue weighted by atomic mass is 9.87. The Morgan fingerprint density at radius 3 is 2.32 bits per heavy atom. The normalized spacial score (nSPS) is 14.1. The molecule has 0 aliphatic rings. The van der Waals surface area contributed by atoms with Crippen molar-refractivity contribution in [2.24, 2.45) is 11.8 Å². The number of carbonyl (C=O) groups excluding carboxylic acids is 1. The molecule has 19 heavy (non-hydrogen) atoms. The van der Waals surface area contributed by atoms with Gasteiger partial charge >= 0.3 is 22.9 Å². The van der Waals surface area contributed by atoms with Gasteiger partial charge in [0.15, 0.2) is 0 Å². The first kappa shape index (κ1) is 17.9. The Kier molecular flexibility index (Phi) is 9.20. The van der Waals surface area contributed by atoms with Crippen LogP contribution in [0, 0.1) is 11.8 Å². The van der Waals surface area contributed by atoms with Crippen molar-refractivity contribution >= 4 is 22.9 Å². The van der Waals surface area contributed by atoms with Gasteiger partial charge in [-0.2, -0.15) is 8.42 Å². The summed E-state index contributed by atoms with van der Waals surface area (Å²) in [5.74, 6) is -2.78. The fraction of sp³-hybridized carbons (Fsp3) is 0.833. The molecule has 0 aliphatic carbocycles. The minimum absolute atomic E-state index is 0.210. The number of rotatable bonds is 10. The van der Waals surface area contributed by atoms with E-state index in [9.17, 15) is 18.0 Å². The van der Waals surface area contributed by atoms with E-state index in [1.54, 1.807) is 0 Å². The van der Waals surface area contributed by atoms with Crippen LogP contribution in [-0.4, -0.2) is 25.5 Å². The summed E-state index contributed by atoms with van der Waals surface area (Å²) in [5, 5.41) is 8.77. The van der Waals surface area contributed by atoms with Crippen molar-refractivity contribution in [2.45, 2.75) is 52.4 Å². The second-order valence-corrected chi connectivity index (χ2v) is 5.21. The average molecular weight is 294 g/mol. The molecule has 0 aromatic carbocycles. The van der Waals surface area contributed by atoms with Crippen molar-refractivity contribution in [1.29, 1.82) is 0 Å². The molecule has 7 heteroatoms. The molecule has 0 bridgehead atoms. The van der Waals surface area contributed by atoms with Gasteiger partial charge in [-0.1, -0.05) is 39.5 Å². The van der Waals surface area contributed by atoms with Crippen LogP contribution in [0.3, 0.4) is 0 Å². The van der Waals surface area contributed by atoms with Crippen LogP contribution in [0.5, 0.6) is 0 Å². The largest absolute Gasteiger partial charge is 0.481 e. The third-order valence-corrected chi connectivity index (χ3v) is 3.41. The Bertz CT molecular complexity index is 355. The molecule has 0 aliphatic heterocycles. The van der Waals surface area contributed by atoms with E-state index >= 15 is 0 Å². The van der Waals surface area contributed by atoms with Crippen molar-refractivity contribution in [2.75, 3.05) is 0 Å². The number of thiol groups is 1. The van der Waals surface area contributed by atoms with Crippen molar-refractivity contribution in [3.05, 3.63) is 0 Å². The average Bonchev–Trinajstić information content (AvgIpc) is 2.31. The maximum Gasteiger partial charge on any atom is 0.325 e. The molecule has 6 nitrogen and oxygen atoms in total. The zero-order valence-corrected chi connectivity index (χ0v) is 12.2. The van der Waals surface area contributed by atoms with Gasteiger partial charge in [-0.3, -0.25) is 9.59 Å². The highest BCUT2D eigenvalue weighted by molar-refractivity contribution is 7.67. The molecule has 2 atom stereocenters. The highest BCUT2D eigenvalue weighted by Gasteiger charge is 2.26. The Morgan fingerprint density at radius 2 is 1.89 bits per heavy atom. The van der Waals surface area contributed by atoms with Gasteiger partial charge in [-0.05, 0) is 12.3 Å². The van der Waals surface area contributed by atoms with E-state index in [-0.39, 0.29) is 5.92 Å². The lowest BCUT2D eigenvalue weighted by molar-refractivity contribution is -0.146. The summed E-state index contributed by atoms with van der Waals surface area (Å²) in [6.45, 7) is 4.02. The predicted octanol–water partition coefficient (Wildman–Crippen LogP) is 1.75. The van der Waals surface area contributed by atoms with Crippen molar-refractivity contribution in [3.63, 3.8) is 0 Å². The van der Waals surface area contributed by atoms with Crippen LogP contribution in [0.4, 0.5) is 0 Å². The minimum Gasteiger partial charge on any atom is -0.481 e. The van der Waals surface area contributed by atoms with Gasteiger partial charge in [0.2, 0.25) is 0 Å². The highest BCUT2D eigenvalue weighted by atomic mass is 32.2. The smallest absolute Gasteiger partial charge is 0.325 e. The Labute approximate surface area is 115 Å². The maximum atomic E-state index is 11.5. The van der Waals surface area contributed by atoms with E-state index in [0.717, 1.165) is 25.7 Å². The van der Waals surface area contributed by atoms with Crippen LogP contribution in [0.2, 0.25) is 0 Å². The Hall–Kier alpha value is -1.11. The third-order valence-electron chi connectivity index (χ3n) is 3.08. The first-order valence-corrected chi connectivity index (χ1v) is 7.58. The maximum absolute atomic E-state index is 11.5. The van der Waals surface area contributed by atoms with Gasteiger partial charge in [0.25, 0.3) is 0 Å². The summed E-state index contributed by atoms with van der Waals surface area (Å²) in [4.78, 5) is 22.3. The summed E-state index contributed by atoms with van der Waals surface area (Å²) in [7, 11) is -3.28. The van der Waals surface area contributed by atoms with E-state index in [0.29, 0.717) is 6.42 Å². The highest BCUT2D eigenvalue weighted by Crippen LogP contribution is 2.24. The molecule has 0 heterocycles. The number of carbonyl (C=O) groups is 2. The summed E-state index contributed by atoms with van der Waals surface area (Å²) >= 11 is 0. The van der Waals surface area contributed by atoms with Crippen molar-refractivity contribution in [3.8, 4) is 0 Å². The number of carboxylic acid groups (broad SMARTS) is 1. The SMILES string of the molecule is CCCCC(CC)CC(CC(=O)O)C(=O)O[SH](=O)=O. The summed E-state index contributed by atoms with van der Waals surface area (Å²) in [5.41, 5.74) is 0. The number of aliphatic carboxylic acids is 1. The molecule has 0 radical (unpaired) electrons. The molecule has 0 rings (SSSR count). The number of carboxylic acids is 1. The molecular weight excluding hydrogens is 272 g/mol. The third kappa shape index (κ3) is 8.58. The van der Waals surface area contributed by atoms with E-state index in [4.69, 9.17) is 5.11 Å². The summed E-state index contributed by atoms with van der Waals surface area (Å²) in [6.07, 6.45) is 3.71. The Morgan fingerprint density at radius 1 is 1.26 bits per heavy atom. The molecular formula is C12H22O6S. The quantitative estimate of drug-likeness (QED) is 0.596. The van der Waals surface area contributed by atoms with Gasteiger partial charge < -0.3 is 9.29 Å². The molecule has 0 spiro atoms. The van der Waals surface area contributed by atoms with E-state index < -0.39 is 35.3 Å². The fourth-order valence-electron chi connectivity index (χ4n) is 2.01. The van der Waals surface area contributed by atoms with Crippen LogP contribution in [-0.2, 0) is 24.8 Å². The minimum atomic E-state index is -3.28. The standard InChI is InChI=1S/C12H22O6S/c1-3-5-6-9(4-2)7-10(8-11(13)14)12(15)18-19(16)17/h9-10,19H,3-8H2,1-2H3,(H,13,14). The molecule has 0 aromatic rings. The van der Waals surface area contributed by atoms with Crippen LogP contribution in [0.15, 0.2) is 0 Å². The first-order chi connectivity index (χ1) is 8.90. The summed E-state index contributed by atoms with van der Waals surface area (Å²) < 4.78 is 24.9. The molecule has 0 fully saturated rings. The molecule has 1 N–H and O–H groups in total. The zero-order chi connectivity index (χ0) is 14.8. The lowest BCUT2D eigenvalue weighted by Crippen LogP contribution is -2.23. The molecule has 0 aromatic heterocycles. The molecule has 112 valence electrons. The van der Waals surface area contributed by atoms with Crippen molar-refractivity contribution < 1.29 is 27.3 Å². The van der Waals surface area contributed by atoms with Gasteiger partial charge in [-0.25, -0.2) is 0 Å². The predicted molar refractivity (Wildman–Crippen MR) is 70.1 cm³/mol. The lowest BCUT2D eigenvalue weighted by Gasteiger charge is -2.19. The number of unbranched alkanes of at least 4 members (excludes halogenated alkanes) is 1. The molecule has 0 amide bonds. The second kappa shape index (κ2) is 9.77. The van der Waals surface area contributed by atoms with Crippen molar-refractivity contribution in [1.82, 2.24) is 0 Å². The summed E-state index contributed by atoms with van der Waals surface area (Å²) in [6, 6.07) is 0. The van der Waals surface area contributed by atoms with E-state index in [2.05, 4.69) is 11.1 Å². The first-order valence-electron chi connectivity index (χ1n) is 6.48. The van der Waals surface area contributed by atoms with Crippen LogP contribution < -0.4 is 0 Å². The van der Waals surface area contributed by atoms with Gasteiger partial charge in [0.1, 0.15) is 0 Å². The fourth-order valence-corrected chi connectivity index (χ4v) is 2.30. The topological polar surface area (TPSA) is 97.7 Å². The molecule has 0 saturated carbocycles. The van der Waals surface area contributed by atoms with Gasteiger partial charge in [0, 0.05) is 0 Å². The number of hydrogen-bond donors (Lipinski definition) is 2. The molecule has 2 unspecified atom stereocenters. The van der Waals surface area contributed by atoms with Crippen LogP contribution in [0.1, 0.15) is 52.4 Å². The molecule has 0 saturated heterocycles. The zero-order valence-electron chi connectivity index (χ0n) is 11.3. The van der Waals surface area contributed by atoms with Crippen LogP contribution in [0.25, 0.3) is 0 Å². The Balaban J connectivity index is 4.63. The monoisotopic (exact) mass is 294 g/mol. The van der Waals surface area contributed by atoms with Gasteiger partial charge in [0.05, 0.1) is 12.3 Å². The van der Waals surface area contributed by atoms with Crippen LogP contribution >= 0.6 is 0 Å². The van der Waals surface area contributed by atoms with Gasteiger partial charge in [-0.15, -0.1) is 0 Å². The number of hydrogen-bond acceptors (Lipinski definition) is 5.